The Bertz CT molecular complexity index is 1400. The average molecular weight is 543 g/mol. The normalized spacial score (nSPS) is 28.6. The second-order valence-corrected chi connectivity index (χ2v) is 11.8. The summed E-state index contributed by atoms with van der Waals surface area (Å²) in [7, 11) is 0. The minimum absolute atomic E-state index is 0.000206. The van der Waals surface area contributed by atoms with E-state index in [4.69, 9.17) is 20.2 Å². The zero-order valence-electron chi connectivity index (χ0n) is 23.5. The highest BCUT2D eigenvalue weighted by atomic mass is 16.5. The predicted molar refractivity (Wildman–Crippen MR) is 154 cm³/mol. The molecule has 3 N–H and O–H groups in total. The summed E-state index contributed by atoms with van der Waals surface area (Å²) >= 11 is 0. The van der Waals surface area contributed by atoms with Crippen molar-refractivity contribution in [3.05, 3.63) is 64.7 Å². The summed E-state index contributed by atoms with van der Waals surface area (Å²) in [5.41, 5.74) is 9.35. The quantitative estimate of drug-likeness (QED) is 0.536. The van der Waals surface area contributed by atoms with Gasteiger partial charge in [-0.15, -0.1) is 0 Å². The molecule has 2 amide bonds. The van der Waals surface area contributed by atoms with Crippen molar-refractivity contribution in [1.29, 1.82) is 0 Å². The highest BCUT2D eigenvalue weighted by Gasteiger charge is 2.42. The second-order valence-electron chi connectivity index (χ2n) is 11.8. The number of carbonyl (C=O) groups excluding carboxylic acids is 2. The van der Waals surface area contributed by atoms with Gasteiger partial charge in [0.05, 0.1) is 30.7 Å². The fourth-order valence-corrected chi connectivity index (χ4v) is 6.45. The van der Waals surface area contributed by atoms with E-state index < -0.39 is 5.54 Å². The van der Waals surface area contributed by atoms with Gasteiger partial charge in [-0.3, -0.25) is 14.5 Å². The molecule has 5 heterocycles. The van der Waals surface area contributed by atoms with E-state index in [1.54, 1.807) is 11.0 Å². The first-order valence-corrected chi connectivity index (χ1v) is 14.5. The first-order valence-electron chi connectivity index (χ1n) is 14.5. The monoisotopic (exact) mass is 542 g/mol. The fraction of sp³-hybridized carbons (Fsp3) is 0.469. The summed E-state index contributed by atoms with van der Waals surface area (Å²) in [4.78, 5) is 33.9. The Morgan fingerprint density at radius 2 is 1.98 bits per heavy atom. The molecular weight excluding hydrogens is 504 g/mol. The number of guanidine groups is 1. The van der Waals surface area contributed by atoms with Crippen molar-refractivity contribution in [2.45, 2.75) is 83.0 Å². The van der Waals surface area contributed by atoms with Crippen LogP contribution in [0.2, 0.25) is 0 Å². The molecule has 7 rings (SSSR count). The molecule has 0 aromatic heterocycles. The standard InChI is InChI=1S/C32H38N4O4/c1-4-32-13-6-5-7-20-8-10-27-22(15-20)24(17-28(40-27)19(2)3)34-30(38)21-9-11-26-23(16-21)25(12-14-39-26)36(29(37)18-32)31(33)35-32/h5,7-11,15-16,19,24-25,28H,4,6,12-14,17-18H2,1-3H3,(H2,33,35)(H,34,38)/b7-5-/t24-,25+,28+,32+/m0/s1. The molecule has 0 saturated heterocycles. The van der Waals surface area contributed by atoms with Gasteiger partial charge in [0.1, 0.15) is 17.6 Å². The van der Waals surface area contributed by atoms with E-state index >= 15 is 0 Å². The molecule has 8 nitrogen and oxygen atoms in total. The molecule has 2 aromatic carbocycles. The minimum Gasteiger partial charge on any atom is -0.493 e. The SMILES string of the molecule is CC[C@@]12CC/C=C\c3ccc4c(c3)[C@H](C[C@H](C(C)C)O4)NC(=O)c3ccc4c(c3)[C@@H](CCO4)N(C(=O)C1)C(N)=N2. The van der Waals surface area contributed by atoms with Crippen LogP contribution in [0.5, 0.6) is 11.5 Å². The van der Waals surface area contributed by atoms with Crippen LogP contribution in [0.25, 0.3) is 6.08 Å². The van der Waals surface area contributed by atoms with Gasteiger partial charge < -0.3 is 20.5 Å². The molecule has 5 aliphatic heterocycles. The van der Waals surface area contributed by atoms with E-state index in [0.717, 1.165) is 41.7 Å². The summed E-state index contributed by atoms with van der Waals surface area (Å²) in [5.74, 6) is 1.83. The van der Waals surface area contributed by atoms with Crippen molar-refractivity contribution in [2.24, 2.45) is 16.6 Å². The number of ether oxygens (including phenoxy) is 2. The number of nitrogens with one attached hydrogen (secondary N) is 1. The Balaban J connectivity index is 1.45. The van der Waals surface area contributed by atoms with Gasteiger partial charge in [-0.1, -0.05) is 39.0 Å². The molecular formula is C32H38N4O4. The number of allylic oxidation sites excluding steroid dienone is 1. The van der Waals surface area contributed by atoms with Crippen LogP contribution in [0.4, 0.5) is 0 Å². The number of benzene rings is 2. The highest BCUT2D eigenvalue weighted by molar-refractivity contribution is 6.00. The summed E-state index contributed by atoms with van der Waals surface area (Å²) < 4.78 is 12.3. The number of fused-ring (bicyclic) bond motifs is 4. The number of hydrogen-bond donors (Lipinski definition) is 2. The van der Waals surface area contributed by atoms with Crippen LogP contribution in [0.3, 0.4) is 0 Å². The number of rotatable bonds is 2. The Morgan fingerprint density at radius 3 is 2.75 bits per heavy atom. The lowest BCUT2D eigenvalue weighted by Crippen LogP contribution is -2.53. The number of amides is 2. The number of nitrogens with zero attached hydrogens (tertiary/aromatic N) is 2. The molecule has 0 saturated carbocycles. The van der Waals surface area contributed by atoms with E-state index in [0.29, 0.717) is 43.1 Å². The first kappa shape index (κ1) is 26.4. The van der Waals surface area contributed by atoms with Crippen molar-refractivity contribution >= 4 is 23.8 Å². The smallest absolute Gasteiger partial charge is 0.251 e. The van der Waals surface area contributed by atoms with Crippen LogP contribution in [-0.2, 0) is 4.79 Å². The van der Waals surface area contributed by atoms with Crippen LogP contribution in [0, 0.1) is 5.92 Å². The molecule has 2 aromatic rings. The van der Waals surface area contributed by atoms with E-state index in [9.17, 15) is 9.59 Å². The summed E-state index contributed by atoms with van der Waals surface area (Å²) in [6.45, 7) is 6.81. The molecule has 0 unspecified atom stereocenters. The van der Waals surface area contributed by atoms with Crippen molar-refractivity contribution in [3.63, 3.8) is 0 Å². The number of nitrogens with two attached hydrogens (primary N) is 1. The molecule has 8 heteroatoms. The highest BCUT2D eigenvalue weighted by Crippen LogP contribution is 2.42. The van der Waals surface area contributed by atoms with Crippen LogP contribution in [0.1, 0.15) is 98.4 Å². The van der Waals surface area contributed by atoms with E-state index in [1.165, 1.54) is 0 Å². The van der Waals surface area contributed by atoms with Gasteiger partial charge in [0, 0.05) is 29.5 Å². The Hall–Kier alpha value is -3.81. The van der Waals surface area contributed by atoms with Crippen LogP contribution < -0.4 is 20.5 Å². The molecule has 4 atom stereocenters. The number of hydrogen-bond acceptors (Lipinski definition) is 6. The van der Waals surface area contributed by atoms with Gasteiger partial charge in [-0.05, 0) is 61.1 Å². The lowest BCUT2D eigenvalue weighted by molar-refractivity contribution is -0.132. The second kappa shape index (κ2) is 10.3. The van der Waals surface area contributed by atoms with Gasteiger partial charge in [0.25, 0.3) is 5.91 Å². The molecule has 0 spiro atoms. The Kier molecular flexibility index (Phi) is 6.80. The van der Waals surface area contributed by atoms with Crippen molar-refractivity contribution < 1.29 is 19.1 Å². The largest absolute Gasteiger partial charge is 0.493 e. The summed E-state index contributed by atoms with van der Waals surface area (Å²) in [6.07, 6.45) is 8.03. The summed E-state index contributed by atoms with van der Waals surface area (Å²) in [6, 6.07) is 11.1. The first-order chi connectivity index (χ1) is 19.3. The van der Waals surface area contributed by atoms with Gasteiger partial charge >= 0.3 is 0 Å². The third-order valence-corrected chi connectivity index (χ3v) is 8.89. The van der Waals surface area contributed by atoms with Crippen molar-refractivity contribution in [1.82, 2.24) is 10.2 Å². The average Bonchev–Trinajstić information content (AvgIpc) is 2.94. The molecule has 6 bridgehead atoms. The van der Waals surface area contributed by atoms with Crippen LogP contribution >= 0.6 is 0 Å². The third kappa shape index (κ3) is 4.73. The molecule has 0 aliphatic carbocycles. The van der Waals surface area contributed by atoms with Gasteiger partial charge in [0.2, 0.25) is 5.91 Å². The Morgan fingerprint density at radius 1 is 1.15 bits per heavy atom. The lowest BCUT2D eigenvalue weighted by atomic mass is 9.84. The predicted octanol–water partition coefficient (Wildman–Crippen LogP) is 5.29. The summed E-state index contributed by atoms with van der Waals surface area (Å²) in [5, 5.41) is 3.29. The molecule has 40 heavy (non-hydrogen) atoms. The number of aliphatic imine (C=N–C) groups is 1. The third-order valence-electron chi connectivity index (χ3n) is 8.89. The number of carbonyl (C=O) groups is 2. The zero-order chi connectivity index (χ0) is 28.0. The van der Waals surface area contributed by atoms with Gasteiger partial charge in [-0.25, -0.2) is 4.99 Å². The topological polar surface area (TPSA) is 106 Å². The molecule has 0 fully saturated rings. The fourth-order valence-electron chi connectivity index (χ4n) is 6.45. The Labute approximate surface area is 235 Å². The lowest BCUT2D eigenvalue weighted by Gasteiger charge is -2.42. The maximum absolute atomic E-state index is 13.7. The molecule has 5 aliphatic rings. The maximum Gasteiger partial charge on any atom is 0.251 e. The van der Waals surface area contributed by atoms with Crippen LogP contribution in [-0.4, -0.2) is 40.9 Å². The van der Waals surface area contributed by atoms with E-state index in [1.807, 2.05) is 24.3 Å². The minimum atomic E-state index is -0.524. The zero-order valence-corrected chi connectivity index (χ0v) is 23.5. The molecule has 0 radical (unpaired) electrons. The van der Waals surface area contributed by atoms with Gasteiger partial charge in [0.15, 0.2) is 5.96 Å². The van der Waals surface area contributed by atoms with E-state index in [-0.39, 0.29) is 36.0 Å². The molecule has 210 valence electrons. The van der Waals surface area contributed by atoms with Crippen molar-refractivity contribution in [2.75, 3.05) is 6.61 Å². The van der Waals surface area contributed by atoms with Crippen molar-refractivity contribution in [3.8, 4) is 11.5 Å². The maximum atomic E-state index is 13.7. The van der Waals surface area contributed by atoms with Crippen LogP contribution in [0.15, 0.2) is 47.5 Å². The van der Waals surface area contributed by atoms with Gasteiger partial charge in [-0.2, -0.15) is 0 Å². The van der Waals surface area contributed by atoms with E-state index in [2.05, 4.69) is 44.3 Å².